The molecule has 0 saturated heterocycles. The molecule has 5 nitrogen and oxygen atoms in total. The monoisotopic (exact) mass is 515 g/mol. The highest BCUT2D eigenvalue weighted by Gasteiger charge is 2.46. The van der Waals surface area contributed by atoms with Crippen molar-refractivity contribution in [1.82, 2.24) is 9.78 Å². The average Bonchev–Trinajstić information content (AvgIpc) is 3.12. The van der Waals surface area contributed by atoms with Crippen LogP contribution in [-0.2, 0) is 9.59 Å². The number of anilines is 1. The topological polar surface area (TPSA) is 55.2 Å². The Morgan fingerprint density at radius 1 is 1.03 bits per heavy atom. The van der Waals surface area contributed by atoms with Gasteiger partial charge >= 0.3 is 0 Å². The Kier molecular flexibility index (Phi) is 9.00. The number of carbonyl (C=O) groups is 2. The highest BCUT2D eigenvalue weighted by molar-refractivity contribution is 7.59. The molecule has 0 radical (unpaired) electrons. The fraction of sp³-hybridized carbons (Fsp3) is 0.370. The molecule has 188 valence electrons. The van der Waals surface area contributed by atoms with Gasteiger partial charge in [-0.05, 0) is 43.7 Å². The quantitative estimate of drug-likeness (QED) is 0.440. The number of aryl methyl sites for hydroxylation is 1. The van der Waals surface area contributed by atoms with Gasteiger partial charge in [-0.1, -0.05) is 51.1 Å². The Balaban J connectivity index is 0.00000216. The Bertz CT molecular complexity index is 1190. The number of hydrogen-bond donors (Lipinski definition) is 0. The molecule has 0 spiro atoms. The lowest BCUT2D eigenvalue weighted by molar-refractivity contribution is -0.132. The smallest absolute Gasteiger partial charge is 0.232 e. The Morgan fingerprint density at radius 2 is 1.63 bits per heavy atom. The molecule has 1 aromatic heterocycles. The molecule has 2 atom stereocenters. The van der Waals surface area contributed by atoms with Gasteiger partial charge in [0.05, 0.1) is 17.3 Å². The molecule has 0 aliphatic carbocycles. The predicted molar refractivity (Wildman–Crippen MR) is 148 cm³/mol. The summed E-state index contributed by atoms with van der Waals surface area (Å²) < 4.78 is 15.6. The van der Waals surface area contributed by atoms with Crippen molar-refractivity contribution >= 4 is 44.5 Å². The molecule has 3 aromatic rings. The van der Waals surface area contributed by atoms with Crippen molar-refractivity contribution in [1.29, 1.82) is 0 Å². The molecule has 0 bridgehead atoms. The van der Waals surface area contributed by atoms with Crippen LogP contribution >= 0.6 is 27.0 Å². The van der Waals surface area contributed by atoms with E-state index in [1.807, 2.05) is 69.6 Å². The van der Waals surface area contributed by atoms with Crippen LogP contribution in [0.3, 0.4) is 0 Å². The van der Waals surface area contributed by atoms with Crippen molar-refractivity contribution in [3.05, 3.63) is 77.2 Å². The highest BCUT2D eigenvalue weighted by Crippen LogP contribution is 2.47. The summed E-state index contributed by atoms with van der Waals surface area (Å²) in [4.78, 5) is 28.7. The van der Waals surface area contributed by atoms with Crippen molar-refractivity contribution in [2.45, 2.75) is 47.0 Å². The minimum absolute atomic E-state index is 0. The van der Waals surface area contributed by atoms with Crippen molar-refractivity contribution in [3.8, 4) is 5.69 Å². The van der Waals surface area contributed by atoms with Gasteiger partial charge in [0.25, 0.3) is 0 Å². The summed E-state index contributed by atoms with van der Waals surface area (Å²) in [6, 6.07) is 15.9. The number of fused-ring (bicyclic) bond motifs is 1. The SMILES string of the molecule is CCN1C(=O)[C@@H](CC(=O)C(C)(C)C)[C@@H](c2ccc(F)cc2)c2c(C)nn(-c3ccccc3)c21.S.S. The van der Waals surface area contributed by atoms with Crippen LogP contribution in [-0.4, -0.2) is 28.0 Å². The second kappa shape index (κ2) is 11.0. The van der Waals surface area contributed by atoms with Crippen molar-refractivity contribution < 1.29 is 14.0 Å². The largest absolute Gasteiger partial charge is 0.299 e. The van der Waals surface area contributed by atoms with Crippen molar-refractivity contribution in [2.75, 3.05) is 11.4 Å². The van der Waals surface area contributed by atoms with Crippen molar-refractivity contribution in [2.24, 2.45) is 11.3 Å². The predicted octanol–water partition coefficient (Wildman–Crippen LogP) is 5.67. The third-order valence-corrected chi connectivity index (χ3v) is 6.42. The molecular weight excluding hydrogens is 481 g/mol. The van der Waals surface area contributed by atoms with E-state index < -0.39 is 11.3 Å². The van der Waals surface area contributed by atoms with E-state index in [9.17, 15) is 14.0 Å². The molecule has 1 aliphatic heterocycles. The Labute approximate surface area is 220 Å². The number of Topliss-reactive ketones (excluding diaryl/α,β-unsaturated/α-hetero) is 1. The number of amides is 1. The average molecular weight is 516 g/mol. The van der Waals surface area contributed by atoms with Crippen LogP contribution in [0.25, 0.3) is 5.69 Å². The molecule has 8 heteroatoms. The summed E-state index contributed by atoms with van der Waals surface area (Å²) in [5, 5.41) is 4.81. The first-order valence-corrected chi connectivity index (χ1v) is 11.4. The van der Waals surface area contributed by atoms with Gasteiger partial charge in [0, 0.05) is 29.9 Å². The molecule has 35 heavy (non-hydrogen) atoms. The normalized spacial score (nSPS) is 17.3. The summed E-state index contributed by atoms with van der Waals surface area (Å²) in [7, 11) is 0. The number of benzene rings is 2. The van der Waals surface area contributed by atoms with Gasteiger partial charge in [0.1, 0.15) is 17.4 Å². The standard InChI is InChI=1S/C27H30FN3O2.2H2S/c1-6-30-25-23(17(2)29-31(25)20-10-8-7-9-11-20)24(18-12-14-19(28)15-13-18)21(26(30)33)16-22(32)27(3,4)5;;/h7-15,21,24H,6,16H2,1-5H3;2*1H2/t21-,24+;;/m0../s1. The summed E-state index contributed by atoms with van der Waals surface area (Å²) in [6.45, 7) is 9.94. The molecule has 2 heterocycles. The van der Waals surface area contributed by atoms with E-state index >= 15 is 0 Å². The van der Waals surface area contributed by atoms with Crippen LogP contribution in [0.1, 0.15) is 56.9 Å². The first kappa shape index (κ1) is 28.7. The van der Waals surface area contributed by atoms with E-state index in [-0.39, 0.29) is 56.8 Å². The van der Waals surface area contributed by atoms with Crippen LogP contribution in [0.15, 0.2) is 54.6 Å². The third-order valence-electron chi connectivity index (χ3n) is 6.42. The van der Waals surface area contributed by atoms with Gasteiger partial charge in [-0.2, -0.15) is 32.1 Å². The number of carbonyl (C=O) groups excluding carboxylic acids is 2. The molecule has 0 saturated carbocycles. The lowest BCUT2D eigenvalue weighted by Gasteiger charge is -2.38. The number of hydrogen-bond acceptors (Lipinski definition) is 3. The summed E-state index contributed by atoms with van der Waals surface area (Å²) in [5.74, 6) is -0.661. The summed E-state index contributed by atoms with van der Waals surface area (Å²) in [6.07, 6.45) is 0.121. The molecule has 1 amide bonds. The van der Waals surface area contributed by atoms with Gasteiger partial charge in [-0.3, -0.25) is 14.5 Å². The van der Waals surface area contributed by atoms with Gasteiger partial charge in [0.2, 0.25) is 5.91 Å². The highest BCUT2D eigenvalue weighted by atomic mass is 32.1. The number of halogens is 1. The Hall–Kier alpha value is -2.58. The van der Waals surface area contributed by atoms with Crippen LogP contribution in [0, 0.1) is 24.1 Å². The minimum atomic E-state index is -0.582. The van der Waals surface area contributed by atoms with Crippen LogP contribution in [0.2, 0.25) is 0 Å². The number of rotatable bonds is 5. The number of nitrogens with zero attached hydrogens (tertiary/aromatic N) is 3. The second-order valence-electron chi connectivity index (χ2n) is 9.67. The summed E-state index contributed by atoms with van der Waals surface area (Å²) >= 11 is 0. The zero-order valence-corrected chi connectivity index (χ0v) is 22.8. The molecule has 2 aromatic carbocycles. The van der Waals surface area contributed by atoms with Gasteiger partial charge in [0.15, 0.2) is 0 Å². The fourth-order valence-corrected chi connectivity index (χ4v) is 4.63. The number of aromatic nitrogens is 2. The minimum Gasteiger partial charge on any atom is -0.299 e. The van der Waals surface area contributed by atoms with Gasteiger partial charge in [-0.15, -0.1) is 0 Å². The zero-order valence-electron chi connectivity index (χ0n) is 20.8. The van der Waals surface area contributed by atoms with Crippen LogP contribution in [0.5, 0.6) is 0 Å². The van der Waals surface area contributed by atoms with E-state index in [1.165, 1.54) is 12.1 Å². The fourth-order valence-electron chi connectivity index (χ4n) is 4.63. The van der Waals surface area contributed by atoms with E-state index in [4.69, 9.17) is 5.10 Å². The van der Waals surface area contributed by atoms with Crippen molar-refractivity contribution in [3.63, 3.8) is 0 Å². The van der Waals surface area contributed by atoms with Gasteiger partial charge < -0.3 is 0 Å². The van der Waals surface area contributed by atoms with E-state index in [1.54, 1.807) is 17.0 Å². The number of ketones is 1. The van der Waals surface area contributed by atoms with E-state index in [0.717, 1.165) is 28.3 Å². The lowest BCUT2D eigenvalue weighted by Crippen LogP contribution is -2.46. The van der Waals surface area contributed by atoms with Crippen LogP contribution < -0.4 is 4.90 Å². The van der Waals surface area contributed by atoms with E-state index in [2.05, 4.69) is 0 Å². The Morgan fingerprint density at radius 3 is 2.17 bits per heavy atom. The number of para-hydroxylation sites is 1. The molecule has 4 rings (SSSR count). The van der Waals surface area contributed by atoms with Crippen LogP contribution in [0.4, 0.5) is 10.2 Å². The third kappa shape index (κ3) is 5.33. The molecule has 0 fully saturated rings. The first-order chi connectivity index (χ1) is 15.6. The summed E-state index contributed by atoms with van der Waals surface area (Å²) in [5.41, 5.74) is 2.81. The maximum Gasteiger partial charge on any atom is 0.232 e. The first-order valence-electron chi connectivity index (χ1n) is 11.4. The molecule has 0 N–H and O–H groups in total. The zero-order chi connectivity index (χ0) is 23.9. The van der Waals surface area contributed by atoms with E-state index in [0.29, 0.717) is 6.54 Å². The molecule has 1 aliphatic rings. The molecular formula is C27H34FN3O2S2. The molecule has 0 unspecified atom stereocenters. The lowest BCUT2D eigenvalue weighted by atomic mass is 9.72. The second-order valence-corrected chi connectivity index (χ2v) is 9.67. The maximum absolute atomic E-state index is 13.9. The maximum atomic E-state index is 13.9. The van der Waals surface area contributed by atoms with Gasteiger partial charge in [-0.25, -0.2) is 9.07 Å².